The molecule has 1 N–H and O–H groups in total. The Morgan fingerprint density at radius 2 is 1.33 bits per heavy atom. The Bertz CT molecular complexity index is 134. The van der Waals surface area contributed by atoms with Crippen molar-refractivity contribution >= 4 is 5.97 Å². The Morgan fingerprint density at radius 1 is 1.13 bits per heavy atom. The molecule has 0 heterocycles. The van der Waals surface area contributed by atoms with Gasteiger partial charge in [-0.2, -0.15) is 0 Å². The SMILES string of the molecule is CC(=O)O.[CH2-]C(OC(C)C)OC(C)C.[Ti]. The topological polar surface area (TPSA) is 55.8 Å². The average molecular weight is 253 g/mol. The van der Waals surface area contributed by atoms with Gasteiger partial charge in [-0.3, -0.25) is 11.7 Å². The molecule has 0 saturated carbocycles. The number of aliphatic carboxylic acids is 1. The van der Waals surface area contributed by atoms with Gasteiger partial charge in [0.05, 0.1) is 12.2 Å². The summed E-state index contributed by atoms with van der Waals surface area (Å²) in [5.74, 6) is -0.833. The zero-order chi connectivity index (χ0) is 11.7. The zero-order valence-electron chi connectivity index (χ0n) is 10.1. The number of carboxylic acids is 1. The van der Waals surface area contributed by atoms with Crippen molar-refractivity contribution in [3.8, 4) is 0 Å². The van der Waals surface area contributed by atoms with Crippen LogP contribution in [0.1, 0.15) is 34.6 Å². The van der Waals surface area contributed by atoms with E-state index >= 15 is 0 Å². The molecule has 4 nitrogen and oxygen atoms in total. The normalized spacial score (nSPS) is 9.67. The molecule has 0 bridgehead atoms. The molecule has 0 unspecified atom stereocenters. The first kappa shape index (κ1) is 20.5. The van der Waals surface area contributed by atoms with Crippen LogP contribution >= 0.6 is 0 Å². The van der Waals surface area contributed by atoms with Gasteiger partial charge < -0.3 is 14.6 Å². The van der Waals surface area contributed by atoms with Crippen LogP contribution in [0.25, 0.3) is 0 Å². The fourth-order valence-corrected chi connectivity index (χ4v) is 0.639. The summed E-state index contributed by atoms with van der Waals surface area (Å²) in [4.78, 5) is 9.00. The monoisotopic (exact) mass is 253 g/mol. The molecular weight excluding hydrogens is 232 g/mol. The summed E-state index contributed by atoms with van der Waals surface area (Å²) in [6, 6.07) is 0. The number of hydrogen-bond acceptors (Lipinski definition) is 3. The van der Waals surface area contributed by atoms with E-state index in [1.165, 1.54) is 0 Å². The molecule has 0 aromatic heterocycles. The zero-order valence-corrected chi connectivity index (χ0v) is 11.7. The predicted octanol–water partition coefficient (Wildman–Crippen LogP) is 2.08. The largest absolute Gasteiger partial charge is 0.481 e. The fourth-order valence-electron chi connectivity index (χ4n) is 0.639. The smallest absolute Gasteiger partial charge is 0.300 e. The van der Waals surface area contributed by atoms with Crippen molar-refractivity contribution in [1.29, 1.82) is 0 Å². The molecule has 0 aliphatic heterocycles. The second-order valence-electron chi connectivity index (χ2n) is 3.32. The van der Waals surface area contributed by atoms with Gasteiger partial charge in [-0.1, -0.05) is 0 Å². The van der Waals surface area contributed by atoms with E-state index in [0.717, 1.165) is 6.92 Å². The average Bonchev–Trinajstić information content (AvgIpc) is 1.79. The van der Waals surface area contributed by atoms with Gasteiger partial charge in [-0.05, 0) is 27.7 Å². The van der Waals surface area contributed by atoms with E-state index in [4.69, 9.17) is 19.4 Å². The van der Waals surface area contributed by atoms with Crippen LogP contribution in [0.3, 0.4) is 0 Å². The quantitative estimate of drug-likeness (QED) is 0.473. The molecule has 15 heavy (non-hydrogen) atoms. The molecule has 90 valence electrons. The first-order valence-corrected chi connectivity index (χ1v) is 4.59. The first-order chi connectivity index (χ1) is 6.25. The van der Waals surface area contributed by atoms with Crippen LogP contribution in [0.4, 0.5) is 0 Å². The van der Waals surface area contributed by atoms with Crippen LogP contribution in [-0.4, -0.2) is 29.6 Å². The minimum Gasteiger partial charge on any atom is -0.481 e. The molecule has 0 aromatic carbocycles. The number of carbonyl (C=O) groups is 1. The third-order valence-corrected chi connectivity index (χ3v) is 0.848. The number of hydrogen-bond donors (Lipinski definition) is 1. The summed E-state index contributed by atoms with van der Waals surface area (Å²) in [7, 11) is 0. The third kappa shape index (κ3) is 31.5. The Hall–Kier alpha value is 0.104. The molecule has 0 aromatic rings. The summed E-state index contributed by atoms with van der Waals surface area (Å²) in [5, 5.41) is 7.42. The molecule has 0 saturated heterocycles. The van der Waals surface area contributed by atoms with Gasteiger partial charge >= 0.3 is 0 Å². The fraction of sp³-hybridized carbons (Fsp3) is 0.800. The van der Waals surface area contributed by atoms with Crippen molar-refractivity contribution in [3.05, 3.63) is 6.92 Å². The molecule has 0 rings (SSSR count). The van der Waals surface area contributed by atoms with Gasteiger partial charge in [-0.15, -0.1) is 0 Å². The molecule has 0 aliphatic rings. The molecule has 0 spiro atoms. The predicted molar refractivity (Wildman–Crippen MR) is 54.9 cm³/mol. The van der Waals surface area contributed by atoms with E-state index < -0.39 is 5.97 Å². The van der Waals surface area contributed by atoms with Crippen molar-refractivity contribution in [2.24, 2.45) is 0 Å². The van der Waals surface area contributed by atoms with Crippen molar-refractivity contribution in [1.82, 2.24) is 0 Å². The molecule has 0 fully saturated rings. The molecular formula is C10H21O4Ti-. The van der Waals surface area contributed by atoms with Crippen molar-refractivity contribution in [2.75, 3.05) is 0 Å². The van der Waals surface area contributed by atoms with E-state index in [0.29, 0.717) is 0 Å². The standard InChI is InChI=1S/C8H17O2.C2H4O2.Ti/c1-6(2)9-8(5)10-7(3)4;1-2(3)4;/h6-8H,5H2,1-4H3;1H3,(H,3,4);/q-1;;. The van der Waals surface area contributed by atoms with Gasteiger partial charge in [0.1, 0.15) is 0 Å². The van der Waals surface area contributed by atoms with E-state index in [1.54, 1.807) is 0 Å². The van der Waals surface area contributed by atoms with E-state index in [-0.39, 0.29) is 40.2 Å². The Balaban J connectivity index is -0.000000249. The second-order valence-corrected chi connectivity index (χ2v) is 3.32. The maximum Gasteiger partial charge on any atom is 0.300 e. The Labute approximate surface area is 107 Å². The molecule has 0 radical (unpaired) electrons. The van der Waals surface area contributed by atoms with E-state index in [9.17, 15) is 0 Å². The van der Waals surface area contributed by atoms with Gasteiger partial charge in [0.25, 0.3) is 5.97 Å². The minimum absolute atomic E-state index is 0. The number of carboxylic acid groups (broad SMARTS) is 1. The van der Waals surface area contributed by atoms with Crippen molar-refractivity contribution < 1.29 is 41.1 Å². The summed E-state index contributed by atoms with van der Waals surface area (Å²) >= 11 is 0. The van der Waals surface area contributed by atoms with Crippen LogP contribution in [0.15, 0.2) is 0 Å². The van der Waals surface area contributed by atoms with Crippen LogP contribution < -0.4 is 0 Å². The van der Waals surface area contributed by atoms with Crippen LogP contribution in [0.5, 0.6) is 0 Å². The maximum atomic E-state index is 9.00. The Kier molecular flexibility index (Phi) is 16.6. The first-order valence-electron chi connectivity index (χ1n) is 4.59. The molecule has 5 heteroatoms. The maximum absolute atomic E-state index is 9.00. The number of ether oxygens (including phenoxy) is 2. The van der Waals surface area contributed by atoms with Gasteiger partial charge in [-0.25, -0.2) is 0 Å². The summed E-state index contributed by atoms with van der Waals surface area (Å²) in [5.41, 5.74) is 0. The molecule has 0 amide bonds. The second kappa shape index (κ2) is 12.2. The van der Waals surface area contributed by atoms with Crippen LogP contribution in [0.2, 0.25) is 0 Å². The van der Waals surface area contributed by atoms with Gasteiger partial charge in [0.15, 0.2) is 0 Å². The molecule has 0 atom stereocenters. The van der Waals surface area contributed by atoms with E-state index in [2.05, 4.69) is 6.92 Å². The van der Waals surface area contributed by atoms with Crippen LogP contribution in [0, 0.1) is 6.92 Å². The summed E-state index contributed by atoms with van der Waals surface area (Å²) in [6.07, 6.45) is 0.0301. The Morgan fingerprint density at radius 3 is 1.47 bits per heavy atom. The summed E-state index contributed by atoms with van der Waals surface area (Å²) < 4.78 is 10.5. The van der Waals surface area contributed by atoms with Crippen molar-refractivity contribution in [2.45, 2.75) is 53.1 Å². The van der Waals surface area contributed by atoms with Crippen molar-refractivity contribution in [3.63, 3.8) is 0 Å². The van der Waals surface area contributed by atoms with Gasteiger partial charge in [0, 0.05) is 34.9 Å². The summed E-state index contributed by atoms with van der Waals surface area (Å²) in [6.45, 7) is 12.6. The minimum atomic E-state index is -0.833. The third-order valence-electron chi connectivity index (χ3n) is 0.848. The molecule has 0 aliphatic carbocycles. The van der Waals surface area contributed by atoms with Gasteiger partial charge in [0.2, 0.25) is 0 Å². The number of rotatable bonds is 4. The van der Waals surface area contributed by atoms with E-state index in [1.807, 2.05) is 27.7 Å². The van der Waals surface area contributed by atoms with Crippen LogP contribution in [-0.2, 0) is 36.0 Å².